The van der Waals surface area contributed by atoms with Crippen LogP contribution in [0.5, 0.6) is 0 Å². The summed E-state index contributed by atoms with van der Waals surface area (Å²) in [6.45, 7) is 0. The fraction of sp³-hybridized carbons (Fsp3) is 0.500. The predicted octanol–water partition coefficient (Wildman–Crippen LogP) is -3.10. The molecule has 5 nitrogen and oxygen atoms in total. The molecule has 0 heterocycles. The van der Waals surface area contributed by atoms with Crippen LogP contribution >= 0.6 is 0 Å². The van der Waals surface area contributed by atoms with Gasteiger partial charge in [-0.15, -0.1) is 0 Å². The van der Waals surface area contributed by atoms with Gasteiger partial charge in [0, 0.05) is 0 Å². The number of carbonyl (C=O) groups is 1. The van der Waals surface area contributed by atoms with Crippen molar-refractivity contribution in [2.75, 3.05) is 5.75 Å². The van der Waals surface area contributed by atoms with E-state index in [-0.39, 0.29) is 48.9 Å². The van der Waals surface area contributed by atoms with Crippen LogP contribution < -0.4 is 5.11 Å². The van der Waals surface area contributed by atoms with Crippen LogP contribution in [0.25, 0.3) is 0 Å². The second-order valence-corrected chi connectivity index (χ2v) is 2.48. The average Bonchev–Trinajstić information content (AvgIpc) is 1.21. The molecule has 0 aliphatic carbocycles. The van der Waals surface area contributed by atoms with Gasteiger partial charge in [0.1, 0.15) is 10.1 Å². The molecule has 0 aromatic heterocycles. The summed E-state index contributed by atoms with van der Waals surface area (Å²) >= 11 is 0. The first-order valence-corrected chi connectivity index (χ1v) is 3.13. The van der Waals surface area contributed by atoms with Crippen molar-refractivity contribution >= 4 is 65.0 Å². The Morgan fingerprint density at radius 2 is 1.78 bits per heavy atom. The molecule has 0 bridgehead atoms. The monoisotopic (exact) mass is 276 g/mol. The quantitative estimate of drug-likeness (QED) is 0.393. The maximum absolute atomic E-state index is 9.47. The summed E-state index contributed by atoms with van der Waals surface area (Å²) in [7, 11) is -4.64. The van der Waals surface area contributed by atoms with Gasteiger partial charge < -0.3 is 14.5 Å². The first kappa shape index (κ1) is 12.6. The van der Waals surface area contributed by atoms with Crippen molar-refractivity contribution in [2.24, 2.45) is 0 Å². The zero-order chi connectivity index (χ0) is 6.78. The third-order valence-corrected chi connectivity index (χ3v) is 0.884. The van der Waals surface area contributed by atoms with Crippen molar-refractivity contribution in [1.29, 1.82) is 0 Å². The minimum atomic E-state index is -4.64. The summed E-state index contributed by atoms with van der Waals surface area (Å²) in [5, 5.41) is 9.32. The van der Waals surface area contributed by atoms with Gasteiger partial charge in [-0.3, -0.25) is 0 Å². The molecular formula is C2H2BaO5S. The van der Waals surface area contributed by atoms with Crippen LogP contribution in [0.4, 0.5) is 0 Å². The van der Waals surface area contributed by atoms with Gasteiger partial charge in [-0.05, 0) is 0 Å². The van der Waals surface area contributed by atoms with Crippen LogP contribution in [0.2, 0.25) is 0 Å². The first-order chi connectivity index (χ1) is 3.42. The van der Waals surface area contributed by atoms with Gasteiger partial charge in [0.05, 0.1) is 11.7 Å². The maximum atomic E-state index is 9.47. The van der Waals surface area contributed by atoms with Crippen LogP contribution in [0.1, 0.15) is 0 Å². The van der Waals surface area contributed by atoms with Crippen molar-refractivity contribution in [3.05, 3.63) is 0 Å². The molecular weight excluding hydrogens is 273 g/mol. The average molecular weight is 275 g/mol. The topological polar surface area (TPSA) is 97.3 Å². The molecule has 0 saturated carbocycles. The number of hydrogen-bond acceptors (Lipinski definition) is 5. The minimum absolute atomic E-state index is 0. The molecule has 0 rings (SSSR count). The molecule has 0 aromatic carbocycles. The van der Waals surface area contributed by atoms with Crippen LogP contribution in [0.3, 0.4) is 0 Å². The molecule has 0 spiro atoms. The van der Waals surface area contributed by atoms with E-state index < -0.39 is 21.8 Å². The van der Waals surface area contributed by atoms with E-state index in [1.54, 1.807) is 0 Å². The Hall–Kier alpha value is 0.951. The normalized spacial score (nSPS) is 9.89. The zero-order valence-corrected chi connectivity index (χ0v) is 9.62. The number of aliphatic carboxylic acids is 1. The van der Waals surface area contributed by atoms with E-state index in [2.05, 4.69) is 0 Å². The van der Waals surface area contributed by atoms with Crippen LogP contribution in [-0.2, 0) is 14.9 Å². The molecule has 0 saturated heterocycles. The molecule has 7 heteroatoms. The van der Waals surface area contributed by atoms with E-state index in [1.165, 1.54) is 0 Å². The smallest absolute Gasteiger partial charge is 0.748 e. The second kappa shape index (κ2) is 4.72. The first-order valence-electron chi connectivity index (χ1n) is 1.55. The molecule has 0 radical (unpaired) electrons. The third kappa shape index (κ3) is 12.2. The Balaban J connectivity index is 0. The van der Waals surface area contributed by atoms with E-state index in [4.69, 9.17) is 0 Å². The van der Waals surface area contributed by atoms with E-state index in [1.807, 2.05) is 0 Å². The summed E-state index contributed by atoms with van der Waals surface area (Å²) in [6, 6.07) is 0. The van der Waals surface area contributed by atoms with Crippen LogP contribution in [-0.4, -0.2) is 73.6 Å². The fourth-order valence-corrected chi connectivity index (χ4v) is 0.433. The van der Waals surface area contributed by atoms with Gasteiger partial charge in [-0.1, -0.05) is 0 Å². The Kier molecular flexibility index (Phi) is 6.61. The van der Waals surface area contributed by atoms with Crippen molar-refractivity contribution in [1.82, 2.24) is 0 Å². The molecule has 0 unspecified atom stereocenters. The van der Waals surface area contributed by atoms with Crippen molar-refractivity contribution in [3.8, 4) is 0 Å². The van der Waals surface area contributed by atoms with Crippen LogP contribution in [0.15, 0.2) is 0 Å². The Labute approximate surface area is 92.3 Å². The summed E-state index contributed by atoms with van der Waals surface area (Å²) < 4.78 is 28.4. The second-order valence-electron chi connectivity index (χ2n) is 1.07. The molecule has 0 atom stereocenters. The molecule has 0 aliphatic heterocycles. The molecule has 0 N–H and O–H groups in total. The van der Waals surface area contributed by atoms with Gasteiger partial charge in [-0.2, -0.15) is 0 Å². The van der Waals surface area contributed by atoms with E-state index >= 15 is 0 Å². The Morgan fingerprint density at radius 1 is 1.44 bits per heavy atom. The summed E-state index contributed by atoms with van der Waals surface area (Å²) in [5.41, 5.74) is 0. The van der Waals surface area contributed by atoms with E-state index in [0.717, 1.165) is 0 Å². The number of carboxylic acid groups (broad SMARTS) is 1. The number of hydrogen-bond donors (Lipinski definition) is 0. The Bertz CT molecular complexity index is 181. The van der Waals surface area contributed by atoms with Crippen molar-refractivity contribution in [3.63, 3.8) is 0 Å². The predicted molar refractivity (Wildman–Crippen MR) is 25.3 cm³/mol. The van der Waals surface area contributed by atoms with Crippen molar-refractivity contribution < 1.29 is 22.9 Å². The summed E-state index contributed by atoms with van der Waals surface area (Å²) in [5.74, 6) is -3.33. The number of carboxylic acids is 1. The van der Waals surface area contributed by atoms with Gasteiger partial charge >= 0.3 is 48.9 Å². The van der Waals surface area contributed by atoms with Gasteiger partial charge in [-0.25, -0.2) is 8.42 Å². The molecule has 48 valence electrons. The SMILES string of the molecule is O=C([O-])CS(=O)(=O)[O-].[Ba+2]. The third-order valence-electron chi connectivity index (χ3n) is 0.295. The molecule has 0 amide bonds. The van der Waals surface area contributed by atoms with Gasteiger partial charge in [0.2, 0.25) is 0 Å². The molecule has 0 fully saturated rings. The van der Waals surface area contributed by atoms with Gasteiger partial charge in [0.25, 0.3) is 0 Å². The van der Waals surface area contributed by atoms with Crippen LogP contribution in [0, 0.1) is 0 Å². The zero-order valence-electron chi connectivity index (χ0n) is 4.36. The van der Waals surface area contributed by atoms with Crippen molar-refractivity contribution in [2.45, 2.75) is 0 Å². The molecule has 0 aromatic rings. The maximum Gasteiger partial charge on any atom is 2.00 e. The minimum Gasteiger partial charge on any atom is -0.748 e. The van der Waals surface area contributed by atoms with E-state index in [0.29, 0.717) is 0 Å². The number of carbonyl (C=O) groups excluding carboxylic acids is 1. The van der Waals surface area contributed by atoms with Gasteiger partial charge in [0.15, 0.2) is 0 Å². The molecule has 0 aliphatic rings. The number of rotatable bonds is 2. The van der Waals surface area contributed by atoms with E-state index in [9.17, 15) is 22.9 Å². The summed E-state index contributed by atoms with van der Waals surface area (Å²) in [4.78, 5) is 9.32. The largest absolute Gasteiger partial charge is 2.00 e. The molecule has 9 heavy (non-hydrogen) atoms. The fourth-order valence-electron chi connectivity index (χ4n) is 0.144. The Morgan fingerprint density at radius 3 is 1.78 bits per heavy atom. The summed E-state index contributed by atoms with van der Waals surface area (Å²) in [6.07, 6.45) is 0. The standard InChI is InChI=1S/C2H4O5S.Ba/c3-2(4)1-8(5,6)7;/h1H2,(H,3,4)(H,5,6,7);/q;+2/p-2.